The Kier molecular flexibility index (Phi) is 5.61. The first-order valence-electron chi connectivity index (χ1n) is 9.31. The van der Waals surface area contributed by atoms with Crippen molar-refractivity contribution in [1.82, 2.24) is 19.7 Å². The fourth-order valence-corrected chi connectivity index (χ4v) is 3.15. The van der Waals surface area contributed by atoms with E-state index in [-0.39, 0.29) is 17.5 Å². The summed E-state index contributed by atoms with van der Waals surface area (Å²) >= 11 is 6.39. The molecule has 3 rings (SSSR count). The number of amides is 1. The van der Waals surface area contributed by atoms with Gasteiger partial charge in [-0.1, -0.05) is 31.5 Å². The molecule has 0 bridgehead atoms. The number of primary amides is 1. The SMILES string of the molecule is CC(C)n1cc(-c2cc(=O)[nH]c(-c3cc(CC(C)(C)C(N)=O)ccc3Cl)n2)cn1. The number of halogens is 1. The lowest BCUT2D eigenvalue weighted by atomic mass is 9.85. The molecule has 0 unspecified atom stereocenters. The summed E-state index contributed by atoms with van der Waals surface area (Å²) in [6, 6.07) is 7.02. The molecule has 2 aromatic heterocycles. The highest BCUT2D eigenvalue weighted by Crippen LogP contribution is 2.30. The van der Waals surface area contributed by atoms with E-state index < -0.39 is 5.41 Å². The van der Waals surface area contributed by atoms with Crippen LogP contribution in [0.1, 0.15) is 39.3 Å². The zero-order chi connectivity index (χ0) is 21.3. The maximum Gasteiger partial charge on any atom is 0.251 e. The van der Waals surface area contributed by atoms with Gasteiger partial charge in [0.25, 0.3) is 5.56 Å². The molecule has 0 aliphatic heterocycles. The van der Waals surface area contributed by atoms with Crippen LogP contribution in [0.2, 0.25) is 5.02 Å². The number of aromatic nitrogens is 4. The predicted octanol–water partition coefficient (Wildman–Crippen LogP) is 3.59. The first-order chi connectivity index (χ1) is 13.6. The van der Waals surface area contributed by atoms with E-state index in [1.807, 2.05) is 32.2 Å². The average Bonchev–Trinajstić information content (AvgIpc) is 3.13. The largest absolute Gasteiger partial charge is 0.369 e. The van der Waals surface area contributed by atoms with Crippen molar-refractivity contribution in [3.63, 3.8) is 0 Å². The number of benzene rings is 1. The Morgan fingerprint density at radius 3 is 2.66 bits per heavy atom. The summed E-state index contributed by atoms with van der Waals surface area (Å²) in [4.78, 5) is 31.3. The van der Waals surface area contributed by atoms with Gasteiger partial charge in [0.2, 0.25) is 5.91 Å². The van der Waals surface area contributed by atoms with Crippen molar-refractivity contribution in [1.29, 1.82) is 0 Å². The van der Waals surface area contributed by atoms with E-state index in [1.165, 1.54) is 6.07 Å². The van der Waals surface area contributed by atoms with Gasteiger partial charge in [0.15, 0.2) is 0 Å². The monoisotopic (exact) mass is 413 g/mol. The maximum absolute atomic E-state index is 12.3. The lowest BCUT2D eigenvalue weighted by Gasteiger charge is -2.20. The molecule has 0 spiro atoms. The van der Waals surface area contributed by atoms with E-state index in [0.29, 0.717) is 28.5 Å². The van der Waals surface area contributed by atoms with Crippen molar-refractivity contribution in [3.05, 3.63) is 57.6 Å². The minimum absolute atomic E-state index is 0.199. The standard InChI is InChI=1S/C21H24ClN5O2/c1-12(2)27-11-14(10-24-27)17-8-18(28)26-19(25-17)15-7-13(5-6-16(15)22)9-21(3,4)20(23)29/h5-8,10-12H,9H2,1-4H3,(H2,23,29)(H,25,26,28). The number of carbonyl (C=O) groups is 1. The molecule has 3 N–H and O–H groups in total. The summed E-state index contributed by atoms with van der Waals surface area (Å²) in [6.45, 7) is 7.62. The molecule has 1 aromatic carbocycles. The van der Waals surface area contributed by atoms with Gasteiger partial charge in [-0.25, -0.2) is 4.98 Å². The van der Waals surface area contributed by atoms with Crippen LogP contribution in [0.25, 0.3) is 22.6 Å². The summed E-state index contributed by atoms with van der Waals surface area (Å²) in [6.07, 6.45) is 3.97. The third kappa shape index (κ3) is 4.56. The molecule has 0 saturated carbocycles. The number of nitrogens with one attached hydrogen (secondary N) is 1. The Hall–Kier alpha value is -2.93. The van der Waals surface area contributed by atoms with Gasteiger partial charge in [-0.3, -0.25) is 14.3 Å². The molecule has 0 saturated heterocycles. The summed E-state index contributed by atoms with van der Waals surface area (Å²) in [7, 11) is 0. The number of H-pyrrole nitrogens is 1. The van der Waals surface area contributed by atoms with Gasteiger partial charge < -0.3 is 10.7 Å². The first kappa shape index (κ1) is 20.8. The Morgan fingerprint density at radius 1 is 1.31 bits per heavy atom. The highest BCUT2D eigenvalue weighted by Gasteiger charge is 2.25. The van der Waals surface area contributed by atoms with E-state index in [0.717, 1.165) is 11.1 Å². The molecule has 29 heavy (non-hydrogen) atoms. The average molecular weight is 414 g/mol. The molecule has 0 aliphatic carbocycles. The lowest BCUT2D eigenvalue weighted by Crippen LogP contribution is -2.33. The maximum atomic E-state index is 12.3. The molecule has 3 aromatic rings. The van der Waals surface area contributed by atoms with Gasteiger partial charge in [-0.15, -0.1) is 0 Å². The van der Waals surface area contributed by atoms with E-state index >= 15 is 0 Å². The highest BCUT2D eigenvalue weighted by molar-refractivity contribution is 6.33. The van der Waals surface area contributed by atoms with Crippen LogP contribution < -0.4 is 11.3 Å². The van der Waals surface area contributed by atoms with Gasteiger partial charge >= 0.3 is 0 Å². The third-order valence-electron chi connectivity index (χ3n) is 4.77. The van der Waals surface area contributed by atoms with Crippen LogP contribution in [0.5, 0.6) is 0 Å². The summed E-state index contributed by atoms with van der Waals surface area (Å²) < 4.78 is 1.80. The van der Waals surface area contributed by atoms with Crippen molar-refractivity contribution in [2.75, 3.05) is 0 Å². The van der Waals surface area contributed by atoms with Gasteiger partial charge in [0.05, 0.1) is 16.9 Å². The molecule has 2 heterocycles. The van der Waals surface area contributed by atoms with Crippen molar-refractivity contribution in [2.45, 2.75) is 40.2 Å². The zero-order valence-electron chi connectivity index (χ0n) is 16.9. The van der Waals surface area contributed by atoms with Crippen LogP contribution >= 0.6 is 11.6 Å². The van der Waals surface area contributed by atoms with E-state index in [9.17, 15) is 9.59 Å². The zero-order valence-corrected chi connectivity index (χ0v) is 17.6. The molecule has 0 fully saturated rings. The third-order valence-corrected chi connectivity index (χ3v) is 5.10. The van der Waals surface area contributed by atoms with Gasteiger partial charge in [-0.05, 0) is 38.0 Å². The lowest BCUT2D eigenvalue weighted by molar-refractivity contribution is -0.125. The molecule has 152 valence electrons. The Bertz CT molecular complexity index is 1110. The minimum Gasteiger partial charge on any atom is -0.369 e. The van der Waals surface area contributed by atoms with Crippen LogP contribution in [-0.2, 0) is 11.2 Å². The minimum atomic E-state index is -0.709. The van der Waals surface area contributed by atoms with E-state index in [4.69, 9.17) is 17.3 Å². The number of rotatable bonds is 6. The second kappa shape index (κ2) is 7.83. The van der Waals surface area contributed by atoms with Gasteiger partial charge in [0.1, 0.15) is 5.82 Å². The highest BCUT2D eigenvalue weighted by atomic mass is 35.5. The molecule has 1 amide bonds. The summed E-state index contributed by atoms with van der Waals surface area (Å²) in [5, 5.41) is 4.76. The Labute approximate surface area is 173 Å². The number of nitrogens with two attached hydrogens (primary N) is 1. The summed E-state index contributed by atoms with van der Waals surface area (Å²) in [5.41, 5.74) is 7.20. The quantitative estimate of drug-likeness (QED) is 0.643. The first-order valence-corrected chi connectivity index (χ1v) is 9.69. The Balaban J connectivity index is 2.04. The summed E-state index contributed by atoms with van der Waals surface area (Å²) in [5.74, 6) is -0.0294. The van der Waals surface area contributed by atoms with E-state index in [1.54, 1.807) is 30.8 Å². The topological polar surface area (TPSA) is 107 Å². The molecule has 0 radical (unpaired) electrons. The van der Waals surface area contributed by atoms with Crippen molar-refractivity contribution in [2.24, 2.45) is 11.1 Å². The normalized spacial score (nSPS) is 11.8. The molecule has 7 nitrogen and oxygen atoms in total. The fraction of sp³-hybridized carbons (Fsp3) is 0.333. The van der Waals surface area contributed by atoms with Crippen molar-refractivity contribution < 1.29 is 4.79 Å². The number of hydrogen-bond donors (Lipinski definition) is 2. The number of carbonyl (C=O) groups excluding carboxylic acids is 1. The molecule has 8 heteroatoms. The van der Waals surface area contributed by atoms with Gasteiger partial charge in [0, 0.05) is 34.8 Å². The number of nitrogens with zero attached hydrogens (tertiary/aromatic N) is 3. The molecule has 0 atom stereocenters. The van der Waals surface area contributed by atoms with Crippen LogP contribution in [0.4, 0.5) is 0 Å². The molecule has 0 aliphatic rings. The van der Waals surface area contributed by atoms with Crippen LogP contribution in [0.15, 0.2) is 41.5 Å². The van der Waals surface area contributed by atoms with Gasteiger partial charge in [-0.2, -0.15) is 5.10 Å². The second-order valence-corrected chi connectivity index (χ2v) is 8.43. The smallest absolute Gasteiger partial charge is 0.251 e. The fourth-order valence-electron chi connectivity index (χ4n) is 2.95. The van der Waals surface area contributed by atoms with Crippen molar-refractivity contribution in [3.8, 4) is 22.6 Å². The van der Waals surface area contributed by atoms with Crippen molar-refractivity contribution >= 4 is 17.5 Å². The molecular formula is C21H24ClN5O2. The van der Waals surface area contributed by atoms with Crippen LogP contribution in [-0.4, -0.2) is 25.7 Å². The number of hydrogen-bond acceptors (Lipinski definition) is 4. The van der Waals surface area contributed by atoms with E-state index in [2.05, 4.69) is 15.1 Å². The number of aromatic amines is 1. The Morgan fingerprint density at radius 2 is 2.03 bits per heavy atom. The second-order valence-electron chi connectivity index (χ2n) is 8.02. The predicted molar refractivity (Wildman–Crippen MR) is 114 cm³/mol. The molecular weight excluding hydrogens is 390 g/mol. The van der Waals surface area contributed by atoms with Crippen LogP contribution in [0, 0.1) is 5.41 Å². The van der Waals surface area contributed by atoms with Crippen LogP contribution in [0.3, 0.4) is 0 Å².